The Bertz CT molecular complexity index is 1330. The molecular formula is C24H17ClN4O4S. The standard InChI is InChI=1S/C24H17ClN4O4S/c25-16-5-4-8-18(13-16)27-28-19-9-10-20(30)15(11-19)12-21-23(32)29(24(33)34-21)14-22(31)26-17-6-2-1-3-7-17/h1-13,30H,14H2,(H,26,31)/b21-12-,28-27?. The van der Waals surface area contributed by atoms with Crippen LogP contribution in [-0.4, -0.2) is 33.6 Å². The number of rotatable bonds is 6. The highest BCUT2D eigenvalue weighted by Gasteiger charge is 2.36. The lowest BCUT2D eigenvalue weighted by molar-refractivity contribution is -0.127. The molecule has 4 rings (SSSR count). The van der Waals surface area contributed by atoms with Crippen molar-refractivity contribution in [2.45, 2.75) is 0 Å². The number of azo groups is 1. The van der Waals surface area contributed by atoms with Crippen molar-refractivity contribution in [1.29, 1.82) is 0 Å². The third-order valence-corrected chi connectivity index (χ3v) is 5.76. The number of amides is 3. The van der Waals surface area contributed by atoms with Gasteiger partial charge in [-0.1, -0.05) is 35.9 Å². The van der Waals surface area contributed by atoms with Crippen LogP contribution in [0.3, 0.4) is 0 Å². The third kappa shape index (κ3) is 5.69. The fourth-order valence-electron chi connectivity index (χ4n) is 3.02. The molecule has 0 unspecified atom stereocenters. The van der Waals surface area contributed by atoms with Gasteiger partial charge < -0.3 is 10.4 Å². The Morgan fingerprint density at radius 1 is 1.00 bits per heavy atom. The number of carbonyl (C=O) groups is 3. The molecule has 170 valence electrons. The molecule has 1 aliphatic rings. The fraction of sp³-hybridized carbons (Fsp3) is 0.0417. The van der Waals surface area contributed by atoms with Gasteiger partial charge in [0.2, 0.25) is 5.91 Å². The van der Waals surface area contributed by atoms with Gasteiger partial charge in [-0.05, 0) is 66.4 Å². The van der Waals surface area contributed by atoms with E-state index in [0.717, 1.165) is 4.90 Å². The summed E-state index contributed by atoms with van der Waals surface area (Å²) >= 11 is 6.63. The number of aromatic hydroxyl groups is 1. The lowest BCUT2D eigenvalue weighted by Crippen LogP contribution is -2.36. The Hall–Kier alpha value is -3.95. The van der Waals surface area contributed by atoms with Crippen molar-refractivity contribution in [2.75, 3.05) is 11.9 Å². The molecule has 0 saturated carbocycles. The number of phenolic OH excluding ortho intramolecular Hbond substituents is 1. The maximum absolute atomic E-state index is 12.7. The van der Waals surface area contributed by atoms with Gasteiger partial charge >= 0.3 is 0 Å². The van der Waals surface area contributed by atoms with E-state index in [0.29, 0.717) is 33.8 Å². The average Bonchev–Trinajstić information content (AvgIpc) is 3.07. The van der Waals surface area contributed by atoms with Crippen LogP contribution in [0.2, 0.25) is 5.02 Å². The van der Waals surface area contributed by atoms with E-state index in [4.69, 9.17) is 11.6 Å². The molecule has 2 N–H and O–H groups in total. The van der Waals surface area contributed by atoms with Gasteiger partial charge in [-0.3, -0.25) is 19.3 Å². The maximum Gasteiger partial charge on any atom is 0.294 e. The van der Waals surface area contributed by atoms with Crippen LogP contribution in [0.5, 0.6) is 5.75 Å². The zero-order valence-corrected chi connectivity index (χ0v) is 19.1. The van der Waals surface area contributed by atoms with Gasteiger partial charge in [0.05, 0.1) is 16.3 Å². The van der Waals surface area contributed by atoms with Crippen LogP contribution in [0, 0.1) is 0 Å². The van der Waals surface area contributed by atoms with Crippen molar-refractivity contribution in [3.05, 3.63) is 88.3 Å². The summed E-state index contributed by atoms with van der Waals surface area (Å²) in [6, 6.07) is 20.1. The minimum Gasteiger partial charge on any atom is -0.507 e. The number of nitrogens with one attached hydrogen (secondary N) is 1. The molecule has 0 bridgehead atoms. The van der Waals surface area contributed by atoms with Gasteiger partial charge in [0.15, 0.2) is 0 Å². The number of thioether (sulfide) groups is 1. The SMILES string of the molecule is O=C(CN1C(=O)S/C(=C\c2cc(N=Nc3cccc(Cl)c3)ccc2O)C1=O)Nc1ccccc1. The first-order chi connectivity index (χ1) is 16.4. The molecule has 8 nitrogen and oxygen atoms in total. The summed E-state index contributed by atoms with van der Waals surface area (Å²) in [6.07, 6.45) is 1.38. The molecule has 3 amide bonds. The van der Waals surface area contributed by atoms with E-state index >= 15 is 0 Å². The molecule has 0 atom stereocenters. The van der Waals surface area contributed by atoms with E-state index in [1.807, 2.05) is 0 Å². The molecule has 0 aromatic heterocycles. The van der Waals surface area contributed by atoms with Crippen LogP contribution in [-0.2, 0) is 9.59 Å². The minimum absolute atomic E-state index is 0.0803. The number of anilines is 1. The Balaban J connectivity index is 1.49. The molecule has 10 heteroatoms. The summed E-state index contributed by atoms with van der Waals surface area (Å²) in [4.78, 5) is 38.3. The molecule has 1 saturated heterocycles. The predicted molar refractivity (Wildman–Crippen MR) is 131 cm³/mol. The molecule has 0 radical (unpaired) electrons. The number of benzene rings is 3. The van der Waals surface area contributed by atoms with Crippen LogP contribution in [0.4, 0.5) is 21.9 Å². The molecule has 34 heavy (non-hydrogen) atoms. The quantitative estimate of drug-likeness (QED) is 0.317. The second-order valence-electron chi connectivity index (χ2n) is 7.11. The molecule has 3 aromatic carbocycles. The van der Waals surface area contributed by atoms with Crippen LogP contribution in [0.1, 0.15) is 5.56 Å². The van der Waals surface area contributed by atoms with Crippen molar-refractivity contribution in [1.82, 2.24) is 4.90 Å². The number of hydrogen-bond donors (Lipinski definition) is 2. The molecule has 0 aliphatic carbocycles. The topological polar surface area (TPSA) is 111 Å². The Kier molecular flexibility index (Phi) is 7.05. The Morgan fingerprint density at radius 2 is 1.74 bits per heavy atom. The van der Waals surface area contributed by atoms with Gasteiger partial charge in [0, 0.05) is 16.3 Å². The lowest BCUT2D eigenvalue weighted by atomic mass is 10.1. The number of para-hydroxylation sites is 1. The number of halogens is 1. The molecule has 1 aliphatic heterocycles. The monoisotopic (exact) mass is 492 g/mol. The van der Waals surface area contributed by atoms with E-state index in [1.54, 1.807) is 60.7 Å². The number of hydrogen-bond acceptors (Lipinski definition) is 7. The van der Waals surface area contributed by atoms with Crippen LogP contribution < -0.4 is 5.32 Å². The molecular weight excluding hydrogens is 476 g/mol. The second kappa shape index (κ2) is 10.3. The maximum atomic E-state index is 12.7. The van der Waals surface area contributed by atoms with E-state index in [2.05, 4.69) is 15.5 Å². The number of nitrogens with zero attached hydrogens (tertiary/aromatic N) is 3. The minimum atomic E-state index is -0.622. The number of phenols is 1. The Morgan fingerprint density at radius 3 is 2.47 bits per heavy atom. The zero-order valence-electron chi connectivity index (χ0n) is 17.5. The summed E-state index contributed by atoms with van der Waals surface area (Å²) in [6.45, 7) is -0.420. The van der Waals surface area contributed by atoms with Crippen molar-refractivity contribution in [3.8, 4) is 5.75 Å². The van der Waals surface area contributed by atoms with Gasteiger partial charge in [-0.2, -0.15) is 10.2 Å². The zero-order chi connectivity index (χ0) is 24.1. The van der Waals surface area contributed by atoms with Crippen LogP contribution >= 0.6 is 23.4 Å². The summed E-state index contributed by atoms with van der Waals surface area (Å²) < 4.78 is 0. The number of imide groups is 1. The average molecular weight is 493 g/mol. The van der Waals surface area contributed by atoms with Gasteiger partial charge in [0.25, 0.3) is 11.1 Å². The molecule has 0 spiro atoms. The van der Waals surface area contributed by atoms with Crippen LogP contribution in [0.25, 0.3) is 6.08 Å². The largest absolute Gasteiger partial charge is 0.507 e. The van der Waals surface area contributed by atoms with E-state index in [9.17, 15) is 19.5 Å². The first-order valence-electron chi connectivity index (χ1n) is 9.99. The first-order valence-corrected chi connectivity index (χ1v) is 11.2. The van der Waals surface area contributed by atoms with Crippen LogP contribution in [0.15, 0.2) is 87.9 Å². The van der Waals surface area contributed by atoms with Crippen molar-refractivity contribution in [2.24, 2.45) is 10.2 Å². The van der Waals surface area contributed by atoms with Crippen molar-refractivity contribution < 1.29 is 19.5 Å². The smallest absolute Gasteiger partial charge is 0.294 e. The van der Waals surface area contributed by atoms with E-state index < -0.39 is 23.6 Å². The van der Waals surface area contributed by atoms with Crippen molar-refractivity contribution in [3.63, 3.8) is 0 Å². The summed E-state index contributed by atoms with van der Waals surface area (Å²) in [5.41, 5.74) is 1.81. The predicted octanol–water partition coefficient (Wildman–Crippen LogP) is 6.14. The van der Waals surface area contributed by atoms with Gasteiger partial charge in [-0.25, -0.2) is 0 Å². The summed E-state index contributed by atoms with van der Waals surface area (Å²) in [5, 5.41) is 21.0. The summed E-state index contributed by atoms with van der Waals surface area (Å²) in [5.74, 6) is -1.22. The molecule has 1 heterocycles. The van der Waals surface area contributed by atoms with Gasteiger partial charge in [0.1, 0.15) is 12.3 Å². The number of carbonyl (C=O) groups excluding carboxylic acids is 3. The fourth-order valence-corrected chi connectivity index (χ4v) is 4.03. The second-order valence-corrected chi connectivity index (χ2v) is 8.53. The third-order valence-electron chi connectivity index (χ3n) is 4.62. The summed E-state index contributed by atoms with van der Waals surface area (Å²) in [7, 11) is 0. The Labute approximate surface area is 204 Å². The normalized spacial score (nSPS) is 14.9. The molecule has 1 fully saturated rings. The van der Waals surface area contributed by atoms with E-state index in [1.165, 1.54) is 18.2 Å². The lowest BCUT2D eigenvalue weighted by Gasteiger charge is -2.12. The highest BCUT2D eigenvalue weighted by molar-refractivity contribution is 8.18. The highest BCUT2D eigenvalue weighted by atomic mass is 35.5. The molecule has 3 aromatic rings. The van der Waals surface area contributed by atoms with Crippen molar-refractivity contribution >= 4 is 63.6 Å². The highest BCUT2D eigenvalue weighted by Crippen LogP contribution is 2.35. The van der Waals surface area contributed by atoms with E-state index in [-0.39, 0.29) is 16.2 Å². The first kappa shape index (κ1) is 23.2. The van der Waals surface area contributed by atoms with Gasteiger partial charge in [-0.15, -0.1) is 0 Å².